The lowest BCUT2D eigenvalue weighted by molar-refractivity contribution is 0.664. The number of hydrogen-bond donors (Lipinski definition) is 2. The number of terminal acetylenes is 1. The number of H-pyrrole nitrogens is 1. The summed E-state index contributed by atoms with van der Waals surface area (Å²) in [5.41, 5.74) is -0.198. The first-order chi connectivity index (χ1) is 8.72. The van der Waals surface area contributed by atoms with Gasteiger partial charge in [-0.25, -0.2) is 4.68 Å². The van der Waals surface area contributed by atoms with Crippen LogP contribution in [0.25, 0.3) is 0 Å². The molecule has 8 nitrogen and oxygen atoms in total. The van der Waals surface area contributed by atoms with Gasteiger partial charge in [-0.2, -0.15) is 10.3 Å². The monoisotopic (exact) mass is 265 g/mol. The number of anilines is 1. The number of aromatic amines is 1. The Bertz CT molecular complexity index is 627. The van der Waals surface area contributed by atoms with E-state index in [1.807, 2.05) is 0 Å². The molecule has 0 saturated heterocycles. The van der Waals surface area contributed by atoms with Gasteiger partial charge in [0.05, 0.1) is 17.8 Å². The lowest BCUT2D eigenvalue weighted by atomic mass is 10.4. The molecule has 2 rings (SSSR count). The summed E-state index contributed by atoms with van der Waals surface area (Å²) in [4.78, 5) is 11.9. The van der Waals surface area contributed by atoms with Gasteiger partial charge in [0, 0.05) is 0 Å². The summed E-state index contributed by atoms with van der Waals surface area (Å²) in [6, 6.07) is 0. The van der Waals surface area contributed by atoms with Gasteiger partial charge in [0.15, 0.2) is 5.82 Å². The number of tetrazole rings is 1. The van der Waals surface area contributed by atoms with Crippen LogP contribution >= 0.6 is 11.6 Å². The van der Waals surface area contributed by atoms with Crippen molar-refractivity contribution in [1.82, 2.24) is 30.4 Å². The summed E-state index contributed by atoms with van der Waals surface area (Å²) >= 11 is 5.89. The van der Waals surface area contributed by atoms with Crippen molar-refractivity contribution >= 4 is 17.3 Å². The molecular weight excluding hydrogens is 258 g/mol. The van der Waals surface area contributed by atoms with E-state index in [0.29, 0.717) is 5.82 Å². The Kier molecular flexibility index (Phi) is 3.54. The Morgan fingerprint density at radius 1 is 1.61 bits per heavy atom. The Balaban J connectivity index is 2.24. The zero-order chi connectivity index (χ0) is 13.0. The molecule has 2 N–H and O–H groups in total. The Morgan fingerprint density at radius 2 is 2.44 bits per heavy atom. The lowest BCUT2D eigenvalue weighted by Crippen LogP contribution is -2.25. The van der Waals surface area contributed by atoms with Gasteiger partial charge < -0.3 is 5.32 Å². The van der Waals surface area contributed by atoms with E-state index in [1.165, 1.54) is 6.20 Å². The van der Waals surface area contributed by atoms with Crippen LogP contribution in [0.5, 0.6) is 0 Å². The molecule has 2 aromatic heterocycles. The number of aromatic nitrogens is 6. The summed E-state index contributed by atoms with van der Waals surface area (Å²) < 4.78 is 1.13. The van der Waals surface area contributed by atoms with Crippen molar-refractivity contribution in [1.29, 1.82) is 0 Å². The highest BCUT2D eigenvalue weighted by molar-refractivity contribution is 6.32. The third-order valence-electron chi connectivity index (χ3n) is 2.05. The molecule has 0 aliphatic heterocycles. The van der Waals surface area contributed by atoms with Crippen molar-refractivity contribution in [2.45, 2.75) is 13.1 Å². The predicted molar refractivity (Wildman–Crippen MR) is 63.8 cm³/mol. The molecule has 0 aliphatic rings. The van der Waals surface area contributed by atoms with Crippen LogP contribution in [0, 0.1) is 12.3 Å². The molecular formula is C9H8ClN7O. The minimum absolute atomic E-state index is 0.0763. The van der Waals surface area contributed by atoms with Crippen LogP contribution in [0.4, 0.5) is 5.69 Å². The normalized spacial score (nSPS) is 10.0. The van der Waals surface area contributed by atoms with E-state index >= 15 is 0 Å². The quantitative estimate of drug-likeness (QED) is 0.733. The SMILES string of the molecule is C#CCn1ncc(Cl)c(NCc2nn[nH]n2)c1=O. The fourth-order valence-electron chi connectivity index (χ4n) is 1.25. The van der Waals surface area contributed by atoms with Crippen LogP contribution in [0.3, 0.4) is 0 Å². The summed E-state index contributed by atoms with van der Waals surface area (Å²) in [5, 5.41) is 20.0. The molecule has 0 spiro atoms. The number of halogens is 1. The van der Waals surface area contributed by atoms with Crippen LogP contribution in [-0.4, -0.2) is 30.4 Å². The van der Waals surface area contributed by atoms with Crippen molar-refractivity contribution in [2.24, 2.45) is 0 Å². The minimum Gasteiger partial charge on any atom is -0.372 e. The summed E-state index contributed by atoms with van der Waals surface area (Å²) in [6.07, 6.45) is 6.48. The molecule has 2 aromatic rings. The second kappa shape index (κ2) is 5.29. The Labute approximate surface area is 106 Å². The van der Waals surface area contributed by atoms with E-state index in [-0.39, 0.29) is 23.8 Å². The van der Waals surface area contributed by atoms with Gasteiger partial charge in [-0.3, -0.25) is 4.79 Å². The molecule has 2 heterocycles. The highest BCUT2D eigenvalue weighted by Crippen LogP contribution is 2.15. The average Bonchev–Trinajstić information content (AvgIpc) is 2.86. The standard InChI is InChI=1S/C9H8ClN7O/c1-2-3-17-9(18)8(6(10)4-12-17)11-5-7-13-15-16-14-7/h1,4,11H,3,5H2,(H,13,14,15,16). The fraction of sp³-hybridized carbons (Fsp3) is 0.222. The van der Waals surface area contributed by atoms with Crippen LogP contribution in [-0.2, 0) is 13.1 Å². The highest BCUT2D eigenvalue weighted by Gasteiger charge is 2.10. The van der Waals surface area contributed by atoms with Crippen LogP contribution in [0.2, 0.25) is 5.02 Å². The molecule has 0 aliphatic carbocycles. The predicted octanol–water partition coefficient (Wildman–Crippen LogP) is -0.345. The van der Waals surface area contributed by atoms with Gasteiger partial charge in [0.25, 0.3) is 5.56 Å². The Morgan fingerprint density at radius 3 is 3.11 bits per heavy atom. The Hall–Kier alpha value is -2.40. The second-order valence-electron chi connectivity index (χ2n) is 3.22. The summed E-state index contributed by atoms with van der Waals surface area (Å²) in [6.45, 7) is 0.290. The van der Waals surface area contributed by atoms with Crippen molar-refractivity contribution in [3.8, 4) is 12.3 Å². The molecule has 0 radical (unpaired) electrons. The van der Waals surface area contributed by atoms with Crippen molar-refractivity contribution in [3.05, 3.63) is 27.4 Å². The second-order valence-corrected chi connectivity index (χ2v) is 3.62. The maximum atomic E-state index is 11.9. The van der Waals surface area contributed by atoms with Gasteiger partial charge in [-0.1, -0.05) is 22.7 Å². The van der Waals surface area contributed by atoms with E-state index < -0.39 is 5.56 Å². The molecule has 9 heteroatoms. The van der Waals surface area contributed by atoms with Gasteiger partial charge in [-0.15, -0.1) is 16.6 Å². The molecule has 92 valence electrons. The van der Waals surface area contributed by atoms with E-state index in [2.05, 4.69) is 37.0 Å². The van der Waals surface area contributed by atoms with Crippen molar-refractivity contribution in [2.75, 3.05) is 5.32 Å². The molecule has 0 atom stereocenters. The largest absolute Gasteiger partial charge is 0.372 e. The van der Waals surface area contributed by atoms with Crippen LogP contribution in [0.1, 0.15) is 5.82 Å². The third kappa shape index (κ3) is 2.46. The van der Waals surface area contributed by atoms with Crippen LogP contribution in [0.15, 0.2) is 11.0 Å². The van der Waals surface area contributed by atoms with Crippen molar-refractivity contribution < 1.29 is 0 Å². The molecule has 0 aromatic carbocycles. The first-order valence-electron chi connectivity index (χ1n) is 4.87. The first kappa shape index (κ1) is 12.1. The first-order valence-corrected chi connectivity index (χ1v) is 5.25. The van der Waals surface area contributed by atoms with E-state index in [1.54, 1.807) is 0 Å². The highest BCUT2D eigenvalue weighted by atomic mass is 35.5. The van der Waals surface area contributed by atoms with Gasteiger partial charge in [0.2, 0.25) is 0 Å². The van der Waals surface area contributed by atoms with Gasteiger partial charge in [-0.05, 0) is 0 Å². The average molecular weight is 266 g/mol. The van der Waals surface area contributed by atoms with E-state index in [0.717, 1.165) is 4.68 Å². The maximum absolute atomic E-state index is 11.9. The molecule has 18 heavy (non-hydrogen) atoms. The van der Waals surface area contributed by atoms with Crippen LogP contribution < -0.4 is 10.9 Å². The summed E-state index contributed by atoms with van der Waals surface area (Å²) in [7, 11) is 0. The topological polar surface area (TPSA) is 101 Å². The lowest BCUT2D eigenvalue weighted by Gasteiger charge is -2.07. The van der Waals surface area contributed by atoms with Crippen molar-refractivity contribution in [3.63, 3.8) is 0 Å². The molecule has 0 unspecified atom stereocenters. The number of nitrogens with one attached hydrogen (secondary N) is 2. The van der Waals surface area contributed by atoms with Gasteiger partial charge in [0.1, 0.15) is 12.2 Å². The van der Waals surface area contributed by atoms with Gasteiger partial charge >= 0.3 is 0 Å². The third-order valence-corrected chi connectivity index (χ3v) is 2.34. The van der Waals surface area contributed by atoms with E-state index in [4.69, 9.17) is 18.0 Å². The van der Waals surface area contributed by atoms with E-state index in [9.17, 15) is 4.79 Å². The fourth-order valence-corrected chi connectivity index (χ4v) is 1.44. The summed E-state index contributed by atoms with van der Waals surface area (Å²) in [5.74, 6) is 2.74. The molecule has 0 saturated carbocycles. The maximum Gasteiger partial charge on any atom is 0.292 e. The number of rotatable bonds is 4. The molecule has 0 bridgehead atoms. The minimum atomic E-state index is -0.399. The zero-order valence-corrected chi connectivity index (χ0v) is 9.85. The number of nitrogens with zero attached hydrogens (tertiary/aromatic N) is 5. The number of hydrogen-bond acceptors (Lipinski definition) is 6. The molecule has 0 fully saturated rings. The zero-order valence-electron chi connectivity index (χ0n) is 9.09. The smallest absolute Gasteiger partial charge is 0.292 e. The molecule has 0 amide bonds.